The summed E-state index contributed by atoms with van der Waals surface area (Å²) in [6.45, 7) is 3.67. The van der Waals surface area contributed by atoms with E-state index in [1.54, 1.807) is 0 Å². The summed E-state index contributed by atoms with van der Waals surface area (Å²) < 4.78 is 0. The van der Waals surface area contributed by atoms with Crippen LogP contribution < -0.4 is 5.32 Å². The number of rotatable bonds is 5. The summed E-state index contributed by atoms with van der Waals surface area (Å²) >= 11 is 0. The molecule has 2 aliphatic rings. The highest BCUT2D eigenvalue weighted by molar-refractivity contribution is 4.80. The molecule has 0 saturated heterocycles. The summed E-state index contributed by atoms with van der Waals surface area (Å²) in [5.41, 5.74) is 0. The SMILES string of the molecule is CC1CCCC1NCCCC1CCCC1. The fourth-order valence-corrected chi connectivity index (χ4v) is 3.43. The second kappa shape index (κ2) is 5.89. The summed E-state index contributed by atoms with van der Waals surface area (Å²) in [4.78, 5) is 0. The average Bonchev–Trinajstić information content (AvgIpc) is 2.85. The number of hydrogen-bond donors (Lipinski definition) is 1. The minimum Gasteiger partial charge on any atom is -0.314 e. The van der Waals surface area contributed by atoms with Crippen LogP contribution in [0.5, 0.6) is 0 Å². The second-order valence-corrected chi connectivity index (χ2v) is 5.76. The van der Waals surface area contributed by atoms with Crippen LogP contribution >= 0.6 is 0 Å². The minimum absolute atomic E-state index is 0.841. The zero-order valence-electron chi connectivity index (χ0n) is 10.3. The third-order valence-corrected chi connectivity index (χ3v) is 4.53. The van der Waals surface area contributed by atoms with Crippen molar-refractivity contribution in [1.29, 1.82) is 0 Å². The van der Waals surface area contributed by atoms with E-state index in [0.29, 0.717) is 0 Å². The molecule has 0 heterocycles. The van der Waals surface area contributed by atoms with Gasteiger partial charge >= 0.3 is 0 Å². The van der Waals surface area contributed by atoms with Gasteiger partial charge in [-0.25, -0.2) is 0 Å². The third-order valence-electron chi connectivity index (χ3n) is 4.53. The zero-order chi connectivity index (χ0) is 10.5. The Hall–Kier alpha value is -0.0400. The van der Waals surface area contributed by atoms with Gasteiger partial charge in [0.05, 0.1) is 0 Å². The van der Waals surface area contributed by atoms with E-state index in [0.717, 1.165) is 17.9 Å². The van der Waals surface area contributed by atoms with Crippen LogP contribution in [0.15, 0.2) is 0 Å². The molecule has 2 aliphatic carbocycles. The molecule has 0 aliphatic heterocycles. The Balaban J connectivity index is 1.51. The van der Waals surface area contributed by atoms with Crippen molar-refractivity contribution < 1.29 is 0 Å². The normalized spacial score (nSPS) is 32.6. The van der Waals surface area contributed by atoms with Gasteiger partial charge in [-0.2, -0.15) is 0 Å². The molecule has 0 bridgehead atoms. The first kappa shape index (κ1) is 11.4. The molecule has 15 heavy (non-hydrogen) atoms. The third kappa shape index (κ3) is 3.48. The van der Waals surface area contributed by atoms with Crippen molar-refractivity contribution >= 4 is 0 Å². The van der Waals surface area contributed by atoms with Crippen molar-refractivity contribution in [2.75, 3.05) is 6.54 Å². The number of nitrogens with one attached hydrogen (secondary N) is 1. The van der Waals surface area contributed by atoms with E-state index in [1.165, 1.54) is 64.3 Å². The molecule has 88 valence electrons. The zero-order valence-corrected chi connectivity index (χ0v) is 10.3. The Morgan fingerprint density at radius 2 is 1.80 bits per heavy atom. The Labute approximate surface area is 95.0 Å². The Morgan fingerprint density at radius 1 is 1.00 bits per heavy atom. The molecule has 1 nitrogen and oxygen atoms in total. The fourth-order valence-electron chi connectivity index (χ4n) is 3.43. The largest absolute Gasteiger partial charge is 0.314 e. The van der Waals surface area contributed by atoms with Crippen molar-refractivity contribution in [3.63, 3.8) is 0 Å². The van der Waals surface area contributed by atoms with E-state index in [9.17, 15) is 0 Å². The van der Waals surface area contributed by atoms with Gasteiger partial charge < -0.3 is 5.32 Å². The van der Waals surface area contributed by atoms with Crippen molar-refractivity contribution in [3.8, 4) is 0 Å². The molecule has 2 rings (SSSR count). The highest BCUT2D eigenvalue weighted by Gasteiger charge is 2.22. The molecule has 0 spiro atoms. The van der Waals surface area contributed by atoms with Gasteiger partial charge in [-0.15, -0.1) is 0 Å². The first-order chi connectivity index (χ1) is 7.36. The molecule has 0 amide bonds. The van der Waals surface area contributed by atoms with Crippen LogP contribution in [0.3, 0.4) is 0 Å². The highest BCUT2D eigenvalue weighted by atomic mass is 14.9. The first-order valence-electron chi connectivity index (χ1n) is 7.09. The van der Waals surface area contributed by atoms with E-state index < -0.39 is 0 Å². The maximum absolute atomic E-state index is 3.76. The standard InChI is InChI=1S/C14H27N/c1-12-6-4-10-14(12)15-11-5-9-13-7-2-3-8-13/h12-15H,2-11H2,1H3. The summed E-state index contributed by atoms with van der Waals surface area (Å²) in [5.74, 6) is 2.00. The van der Waals surface area contributed by atoms with Gasteiger partial charge in [-0.05, 0) is 44.1 Å². The van der Waals surface area contributed by atoms with E-state index in [4.69, 9.17) is 0 Å². The molecule has 2 atom stereocenters. The monoisotopic (exact) mass is 209 g/mol. The van der Waals surface area contributed by atoms with Gasteiger partial charge in [-0.1, -0.05) is 39.0 Å². The smallest absolute Gasteiger partial charge is 0.00926 e. The lowest BCUT2D eigenvalue weighted by molar-refractivity contribution is 0.402. The quantitative estimate of drug-likeness (QED) is 0.680. The summed E-state index contributed by atoms with van der Waals surface area (Å²) in [5, 5.41) is 3.76. The number of hydrogen-bond acceptors (Lipinski definition) is 1. The van der Waals surface area contributed by atoms with Crippen molar-refractivity contribution in [1.82, 2.24) is 5.32 Å². The van der Waals surface area contributed by atoms with Crippen LogP contribution in [-0.2, 0) is 0 Å². The van der Waals surface area contributed by atoms with Gasteiger partial charge in [0, 0.05) is 6.04 Å². The topological polar surface area (TPSA) is 12.0 Å². The molecule has 1 N–H and O–H groups in total. The average molecular weight is 209 g/mol. The van der Waals surface area contributed by atoms with Gasteiger partial charge in [0.25, 0.3) is 0 Å². The van der Waals surface area contributed by atoms with Crippen molar-refractivity contribution in [3.05, 3.63) is 0 Å². The lowest BCUT2D eigenvalue weighted by Gasteiger charge is -2.17. The summed E-state index contributed by atoms with van der Waals surface area (Å²) in [7, 11) is 0. The first-order valence-corrected chi connectivity index (χ1v) is 7.09. The van der Waals surface area contributed by atoms with E-state index in [-0.39, 0.29) is 0 Å². The predicted octanol–water partition coefficient (Wildman–Crippen LogP) is 3.74. The van der Waals surface area contributed by atoms with Gasteiger partial charge in [0.1, 0.15) is 0 Å². The Bertz CT molecular complexity index is 172. The van der Waals surface area contributed by atoms with E-state index in [2.05, 4.69) is 12.2 Å². The molecule has 2 saturated carbocycles. The fraction of sp³-hybridized carbons (Fsp3) is 1.00. The van der Waals surface area contributed by atoms with Crippen LogP contribution in [0.4, 0.5) is 0 Å². The van der Waals surface area contributed by atoms with Crippen LogP contribution in [0, 0.1) is 11.8 Å². The van der Waals surface area contributed by atoms with Crippen LogP contribution in [-0.4, -0.2) is 12.6 Å². The van der Waals surface area contributed by atoms with E-state index >= 15 is 0 Å². The van der Waals surface area contributed by atoms with E-state index in [1.807, 2.05) is 0 Å². The molecular weight excluding hydrogens is 182 g/mol. The van der Waals surface area contributed by atoms with Crippen LogP contribution in [0.1, 0.15) is 64.7 Å². The maximum Gasteiger partial charge on any atom is 0.00926 e. The van der Waals surface area contributed by atoms with Gasteiger partial charge in [0.15, 0.2) is 0 Å². The molecule has 2 unspecified atom stereocenters. The van der Waals surface area contributed by atoms with Crippen LogP contribution in [0.2, 0.25) is 0 Å². The van der Waals surface area contributed by atoms with Crippen molar-refractivity contribution in [2.24, 2.45) is 11.8 Å². The molecular formula is C14H27N. The predicted molar refractivity (Wildman–Crippen MR) is 66.0 cm³/mol. The lowest BCUT2D eigenvalue weighted by Crippen LogP contribution is -2.31. The molecule has 0 aromatic heterocycles. The second-order valence-electron chi connectivity index (χ2n) is 5.76. The highest BCUT2D eigenvalue weighted by Crippen LogP contribution is 2.28. The summed E-state index contributed by atoms with van der Waals surface area (Å²) in [6.07, 6.45) is 13.2. The Kier molecular flexibility index (Phi) is 4.49. The molecule has 1 heteroatoms. The minimum atomic E-state index is 0.841. The van der Waals surface area contributed by atoms with Crippen LogP contribution in [0.25, 0.3) is 0 Å². The Morgan fingerprint density at radius 3 is 2.47 bits per heavy atom. The van der Waals surface area contributed by atoms with Gasteiger partial charge in [0.2, 0.25) is 0 Å². The van der Waals surface area contributed by atoms with Gasteiger partial charge in [-0.3, -0.25) is 0 Å². The lowest BCUT2D eigenvalue weighted by atomic mass is 10.0. The molecule has 0 radical (unpaired) electrons. The molecule has 2 fully saturated rings. The molecule has 0 aromatic carbocycles. The van der Waals surface area contributed by atoms with Crippen molar-refractivity contribution in [2.45, 2.75) is 70.8 Å². The molecule has 0 aromatic rings. The maximum atomic E-state index is 3.76. The summed E-state index contributed by atoms with van der Waals surface area (Å²) in [6, 6.07) is 0.841.